The number of fused-ring (bicyclic) bond motifs is 4. The number of nitriles is 4. The predicted molar refractivity (Wildman–Crippen MR) is 539 cm³/mol. The van der Waals surface area contributed by atoms with Crippen LogP contribution in [0.2, 0.25) is 0 Å². The smallest absolute Gasteiger partial charge is 0.411 e. The second-order valence-electron chi connectivity index (χ2n) is 33.0. The minimum Gasteiger partial charge on any atom is -0.493 e. The van der Waals surface area contributed by atoms with Crippen LogP contribution in [-0.4, -0.2) is 198 Å². The summed E-state index contributed by atoms with van der Waals surface area (Å²) in [6.45, 7) is 31.9. The highest BCUT2D eigenvalue weighted by molar-refractivity contribution is 6.00. The Labute approximate surface area is 807 Å². The van der Waals surface area contributed by atoms with Gasteiger partial charge in [-0.15, -0.1) is 5.10 Å². The van der Waals surface area contributed by atoms with Crippen LogP contribution < -0.4 is 40.2 Å². The van der Waals surface area contributed by atoms with Crippen LogP contribution in [-0.2, 0) is 56.4 Å². The molecule has 31 heteroatoms. The van der Waals surface area contributed by atoms with Crippen LogP contribution in [0.3, 0.4) is 0 Å². The molecule has 0 atom stereocenters. The van der Waals surface area contributed by atoms with Crippen molar-refractivity contribution in [2.45, 2.75) is 146 Å². The van der Waals surface area contributed by atoms with E-state index < -0.39 is 24.4 Å². The molecule has 138 heavy (non-hydrogen) atoms. The van der Waals surface area contributed by atoms with Crippen LogP contribution in [0.25, 0.3) is 88.6 Å². The van der Waals surface area contributed by atoms with Crippen molar-refractivity contribution in [2.75, 3.05) is 147 Å². The SMILES string of the molecule is CCOC(=O)Nc1cccc(-c2c(C#N)c3ccc(OCCCN(C)CCOC)cc3n2CC)c1.CCOC(=O)Nc1cccc(-c2c(C#N)c3ccc(OCCCN4CCCC4)cc3n2CC)c1.CCOC(=O)Nc1cccc(-c2c(C#N)c3ccc(OCCCN4CCCCC4)cc3n2CC)c1.CCOC(=O)Nc1cccc(-c2c(C#N)c3ccc(OCCCn4ccnn4)cc3n2CC)c1. The highest BCUT2D eigenvalue weighted by atomic mass is 16.6. The van der Waals surface area contributed by atoms with Gasteiger partial charge in [-0.1, -0.05) is 60.2 Å². The van der Waals surface area contributed by atoms with Crippen LogP contribution in [0.5, 0.6) is 23.0 Å². The van der Waals surface area contributed by atoms with E-state index in [1.807, 2.05) is 166 Å². The number of piperidine rings is 1. The first-order valence-electron chi connectivity index (χ1n) is 47.8. The molecular weight excluding hydrogens is 1750 g/mol. The van der Waals surface area contributed by atoms with Gasteiger partial charge in [-0.05, 0) is 231 Å². The Morgan fingerprint density at radius 1 is 0.370 bits per heavy atom. The molecule has 31 nitrogen and oxygen atoms in total. The summed E-state index contributed by atoms with van der Waals surface area (Å²) >= 11 is 0. The first kappa shape index (κ1) is 102. The molecule has 2 saturated heterocycles. The lowest BCUT2D eigenvalue weighted by atomic mass is 10.1. The molecule has 2 aliphatic heterocycles. The molecule has 4 N–H and O–H groups in total. The molecule has 13 aromatic rings. The largest absolute Gasteiger partial charge is 0.493 e. The summed E-state index contributed by atoms with van der Waals surface area (Å²) < 4.78 is 59.5. The second-order valence-corrected chi connectivity index (χ2v) is 33.0. The zero-order chi connectivity index (χ0) is 97.7. The maximum absolute atomic E-state index is 11.9. The molecule has 0 saturated carbocycles. The average molecular weight is 1870 g/mol. The topological polar surface area (TPSA) is 355 Å². The summed E-state index contributed by atoms with van der Waals surface area (Å²) in [7, 11) is 3.78. The third-order valence-corrected chi connectivity index (χ3v) is 23.8. The Morgan fingerprint density at radius 3 is 0.942 bits per heavy atom. The maximum Gasteiger partial charge on any atom is 0.411 e. The fourth-order valence-corrected chi connectivity index (χ4v) is 17.6. The number of nitrogens with zero attached hydrogens (tertiary/aromatic N) is 14. The fourth-order valence-electron chi connectivity index (χ4n) is 17.6. The van der Waals surface area contributed by atoms with Gasteiger partial charge in [0.15, 0.2) is 0 Å². The van der Waals surface area contributed by atoms with Crippen LogP contribution in [0.1, 0.15) is 135 Å². The third kappa shape index (κ3) is 26.9. The normalized spacial score (nSPS) is 12.3. The van der Waals surface area contributed by atoms with E-state index >= 15 is 0 Å². The summed E-state index contributed by atoms with van der Waals surface area (Å²) in [4.78, 5) is 54.7. The molecule has 0 radical (unpaired) electrons. The third-order valence-electron chi connectivity index (χ3n) is 23.8. The molecule has 0 unspecified atom stereocenters. The van der Waals surface area contributed by atoms with Crippen molar-refractivity contribution in [3.63, 3.8) is 0 Å². The maximum atomic E-state index is 11.9. The number of amides is 4. The van der Waals surface area contributed by atoms with Crippen molar-refractivity contribution in [1.29, 1.82) is 21.0 Å². The van der Waals surface area contributed by atoms with Gasteiger partial charge in [0.25, 0.3) is 0 Å². The molecule has 4 amide bonds. The summed E-state index contributed by atoms with van der Waals surface area (Å²) in [5.41, 5.74) is 15.3. The minimum atomic E-state index is -0.512. The number of carbonyl (C=O) groups excluding carboxylic acids is 4. The van der Waals surface area contributed by atoms with Gasteiger partial charge in [0, 0.05) is 169 Å². The number of ether oxygens (including phenoxy) is 9. The highest BCUT2D eigenvalue weighted by Crippen LogP contribution is 2.42. The fraction of sp³-hybridized carbons (Fsp3) is 0.383. The van der Waals surface area contributed by atoms with E-state index in [1.165, 1.54) is 58.3 Å². The number of anilines is 4. The van der Waals surface area contributed by atoms with Gasteiger partial charge in [-0.25, -0.2) is 19.2 Å². The number of methoxy groups -OCH3 is 1. The number of nitrogens with one attached hydrogen (secondary N) is 4. The number of hydrogen-bond donors (Lipinski definition) is 4. The number of benzene rings is 8. The van der Waals surface area contributed by atoms with E-state index in [9.17, 15) is 40.2 Å². The van der Waals surface area contributed by atoms with Gasteiger partial charge in [0.05, 0.1) is 133 Å². The van der Waals surface area contributed by atoms with E-state index in [1.54, 1.807) is 69.9 Å². The van der Waals surface area contributed by atoms with Crippen molar-refractivity contribution in [1.82, 2.24) is 48.0 Å². The van der Waals surface area contributed by atoms with Crippen molar-refractivity contribution in [3.05, 3.63) is 205 Å². The van der Waals surface area contributed by atoms with Gasteiger partial charge in [0.2, 0.25) is 0 Å². The number of likely N-dealkylation sites (N-methyl/N-ethyl adjacent to an activating group) is 1. The number of aryl methyl sites for hydroxylation is 5. The van der Waals surface area contributed by atoms with Gasteiger partial charge in [-0.2, -0.15) is 21.0 Å². The number of likely N-dealkylation sites (tertiary alicyclic amines) is 2. The zero-order valence-electron chi connectivity index (χ0n) is 80.8. The summed E-state index contributed by atoms with van der Waals surface area (Å²) in [6, 6.07) is 63.0. The van der Waals surface area contributed by atoms with Crippen molar-refractivity contribution >= 4 is 90.7 Å². The van der Waals surface area contributed by atoms with Gasteiger partial charge in [0.1, 0.15) is 47.3 Å². The van der Waals surface area contributed by atoms with Gasteiger partial charge < -0.3 is 75.6 Å². The molecule has 722 valence electrons. The van der Waals surface area contributed by atoms with E-state index in [0.717, 1.165) is 170 Å². The molecule has 0 aliphatic carbocycles. The Balaban J connectivity index is 0.000000165. The number of aromatic nitrogens is 7. The quantitative estimate of drug-likeness (QED) is 0.0205. The molecule has 0 bridgehead atoms. The summed E-state index contributed by atoms with van der Waals surface area (Å²) in [5, 5.41) is 62.3. The molecule has 15 rings (SSSR count). The zero-order valence-corrected chi connectivity index (χ0v) is 80.8. The van der Waals surface area contributed by atoms with E-state index in [-0.39, 0.29) is 0 Å². The molecule has 2 aliphatic rings. The Morgan fingerprint density at radius 2 is 0.667 bits per heavy atom. The predicted octanol–water partition coefficient (Wildman–Crippen LogP) is 21.6. The molecule has 2 fully saturated rings. The van der Waals surface area contributed by atoms with Crippen LogP contribution in [0.4, 0.5) is 41.9 Å². The highest BCUT2D eigenvalue weighted by Gasteiger charge is 2.26. The van der Waals surface area contributed by atoms with Crippen LogP contribution >= 0.6 is 0 Å². The van der Waals surface area contributed by atoms with Crippen molar-refractivity contribution in [3.8, 4) is 92.3 Å². The molecular formula is C107H126N18O13. The van der Waals surface area contributed by atoms with Gasteiger partial charge >= 0.3 is 24.4 Å². The Bertz CT molecular complexity index is 6430. The standard InChI is InChI=1S/C28H34N4O3.C27H34N4O4.C27H32N4O3.C25H26N6O3/c1-3-32-26-19-23(35-17-9-16-31-14-6-5-7-15-31)12-13-24(26)25(20-29)27(32)21-10-8-11-22(18-21)30-28(33)34-4-2;1-5-31-25-18-22(35-15-8-13-30(3)14-16-33-4)11-12-23(25)24(19-28)26(31)20-9-7-10-21(17-20)29-27(32)34-6-2;1-3-31-25-18-22(34-16-8-15-30-13-5-6-14-30)11-12-23(25)24(19-28)26(31)20-9-7-10-21(17-20)29-27(32)33-4-2;1-3-31-23-16-20(34-14-6-12-30-13-11-27-29-30)9-10-21(23)22(17-26)24(31)18-7-5-8-19(15-18)28-25(32)33-4-2/h8,10-13,18-19H,3-7,9,14-17H2,1-2H3,(H,30,33);7,9-12,17-18H,5-6,8,13-16H2,1-4H3,(H,29,32);7,9-12,17-18H,3-6,8,13-16H2,1-2H3,(H,29,32);5,7-11,13,15-16H,3-4,6,12,14H2,1-2H3,(H,28,32). The molecule has 8 aromatic carbocycles. The lowest BCUT2D eigenvalue weighted by Crippen LogP contribution is -2.31. The number of hydrogen-bond acceptors (Lipinski definition) is 22. The molecule has 7 heterocycles. The number of carbonyl (C=O) groups is 4. The summed E-state index contributed by atoms with van der Waals surface area (Å²) in [6.07, 6.45) is 11.7. The average Bonchev–Trinajstić information content (AvgIpc) is 1.62. The summed E-state index contributed by atoms with van der Waals surface area (Å²) in [5.74, 6) is 3.15. The van der Waals surface area contributed by atoms with Gasteiger partial charge in [-0.3, -0.25) is 25.9 Å². The Hall–Kier alpha value is -14.9. The molecule has 5 aromatic heterocycles. The van der Waals surface area contributed by atoms with E-state index in [4.69, 9.17) is 42.6 Å². The first-order chi connectivity index (χ1) is 67.4. The van der Waals surface area contributed by atoms with Crippen LogP contribution in [0.15, 0.2) is 182 Å². The van der Waals surface area contributed by atoms with E-state index in [0.29, 0.717) is 131 Å². The lowest BCUT2D eigenvalue weighted by molar-refractivity contribution is 0.157. The van der Waals surface area contributed by atoms with E-state index in [2.05, 4.69) is 110 Å². The molecule has 0 spiro atoms. The second kappa shape index (κ2) is 52.3. The lowest BCUT2D eigenvalue weighted by Gasteiger charge is -2.26. The minimum absolute atomic E-state index is 0.291. The monoisotopic (exact) mass is 1870 g/mol. The van der Waals surface area contributed by atoms with Crippen LogP contribution in [0, 0.1) is 45.3 Å². The first-order valence-corrected chi connectivity index (χ1v) is 47.8. The van der Waals surface area contributed by atoms with Crippen molar-refractivity contribution in [2.24, 2.45) is 0 Å². The van der Waals surface area contributed by atoms with Crippen molar-refractivity contribution < 1.29 is 61.8 Å². The Kier molecular flexibility index (Phi) is 38.7. The number of rotatable bonds is 39.